The first-order valence-electron chi connectivity index (χ1n) is 10.5. The fourth-order valence-corrected chi connectivity index (χ4v) is 6.13. The van der Waals surface area contributed by atoms with Crippen molar-refractivity contribution in [2.45, 2.75) is 69.1 Å². The maximum atomic E-state index is 15.1. The highest BCUT2D eigenvalue weighted by molar-refractivity contribution is 7.94. The van der Waals surface area contributed by atoms with Gasteiger partial charge in [-0.2, -0.15) is 4.90 Å². The molecule has 1 aliphatic rings. The smallest absolute Gasteiger partial charge is 0.425 e. The molecule has 11 nitrogen and oxygen atoms in total. The number of aliphatic imine (C=N–C) groups is 1. The molecule has 192 valence electrons. The van der Waals surface area contributed by atoms with Crippen LogP contribution < -0.4 is 0 Å². The van der Waals surface area contributed by atoms with E-state index in [1.165, 1.54) is 47.6 Å². The largest absolute Gasteiger partial charge is 0.464 e. The molecule has 13 heteroatoms. The fourth-order valence-electron chi connectivity index (χ4n) is 3.85. The number of nitrogens with zero attached hydrogens (tertiary/aromatic N) is 3. The summed E-state index contributed by atoms with van der Waals surface area (Å²) < 4.78 is 45.8. The van der Waals surface area contributed by atoms with Gasteiger partial charge in [0.15, 0.2) is 9.84 Å². The summed E-state index contributed by atoms with van der Waals surface area (Å²) in [7, 11) is -4.43. The van der Waals surface area contributed by atoms with Gasteiger partial charge in [-0.3, -0.25) is 15.1 Å². The number of allylic oxidation sites excluding steroid dienone is 1. The molecule has 0 spiro atoms. The van der Waals surface area contributed by atoms with Crippen molar-refractivity contribution in [2.75, 3.05) is 0 Å². The molecule has 0 aliphatic carbocycles. The summed E-state index contributed by atoms with van der Waals surface area (Å²) in [5.74, 6) is -1.72. The first-order valence-corrected chi connectivity index (χ1v) is 12.0. The lowest BCUT2D eigenvalue weighted by molar-refractivity contribution is -0.385. The molecule has 1 aromatic carbocycles. The van der Waals surface area contributed by atoms with Crippen molar-refractivity contribution in [2.24, 2.45) is 4.99 Å². The monoisotopic (exact) mass is 513 g/mol. The predicted molar refractivity (Wildman–Crippen MR) is 126 cm³/mol. The highest BCUT2D eigenvalue weighted by atomic mass is 32.2. The highest BCUT2D eigenvalue weighted by Crippen LogP contribution is 2.46. The van der Waals surface area contributed by atoms with Gasteiger partial charge in [-0.15, -0.1) is 6.58 Å². The summed E-state index contributed by atoms with van der Waals surface area (Å²) in [5, 5.41) is 19.7. The standard InChI is InChI=1S/C22H28FN3O8S/c1-8-9-16-22(7,14-12-13(26(30)31)10-11-15(14)23)24-17(21(5,6)35(16,32)33)25(18(27)28)19(29)34-20(2,3)4/h8,10-12,16H,1,9H2,2-7H3,(H,27,28). The molecule has 2 rings (SSSR count). The molecule has 0 bridgehead atoms. The number of benzene rings is 1. The Kier molecular flexibility index (Phi) is 7.19. The second-order valence-corrected chi connectivity index (χ2v) is 12.4. The van der Waals surface area contributed by atoms with E-state index in [2.05, 4.69) is 11.6 Å². The van der Waals surface area contributed by atoms with Crippen molar-refractivity contribution < 1.29 is 37.2 Å². The number of carbonyl (C=O) groups is 2. The molecule has 0 saturated heterocycles. The molecule has 1 aliphatic heterocycles. The van der Waals surface area contributed by atoms with Crippen molar-refractivity contribution in [3.05, 3.63) is 52.3 Å². The molecular formula is C22H28FN3O8S. The molecule has 0 saturated carbocycles. The van der Waals surface area contributed by atoms with Gasteiger partial charge in [-0.25, -0.2) is 22.4 Å². The maximum absolute atomic E-state index is 15.1. The first kappa shape index (κ1) is 27.9. The Morgan fingerprint density at radius 3 is 2.37 bits per heavy atom. The number of amidine groups is 1. The third-order valence-corrected chi connectivity index (χ3v) is 8.66. The van der Waals surface area contributed by atoms with Crippen molar-refractivity contribution >= 4 is 33.5 Å². The van der Waals surface area contributed by atoms with Crippen LogP contribution in [0.5, 0.6) is 0 Å². The number of imide groups is 1. The Balaban J connectivity index is 2.99. The van der Waals surface area contributed by atoms with Crippen molar-refractivity contribution in [1.29, 1.82) is 0 Å². The van der Waals surface area contributed by atoms with Gasteiger partial charge in [0, 0.05) is 17.7 Å². The van der Waals surface area contributed by atoms with E-state index in [9.17, 15) is 33.2 Å². The number of carboxylic acid groups (broad SMARTS) is 1. The van der Waals surface area contributed by atoms with E-state index in [0.29, 0.717) is 0 Å². The van der Waals surface area contributed by atoms with Crippen molar-refractivity contribution in [3.8, 4) is 0 Å². The van der Waals surface area contributed by atoms with Gasteiger partial charge in [-0.05, 0) is 54.0 Å². The number of nitro benzene ring substituents is 1. The normalized spacial score (nSPS) is 23.1. The average Bonchev–Trinajstić information content (AvgIpc) is 2.68. The molecule has 2 atom stereocenters. The minimum Gasteiger partial charge on any atom is -0.464 e. The van der Waals surface area contributed by atoms with Gasteiger partial charge < -0.3 is 9.84 Å². The molecule has 2 amide bonds. The molecular weight excluding hydrogens is 485 g/mol. The third kappa shape index (κ3) is 4.90. The lowest BCUT2D eigenvalue weighted by Crippen LogP contribution is -2.63. The Hall–Kier alpha value is -3.35. The number of carbonyl (C=O) groups excluding carboxylic acids is 1. The van der Waals surface area contributed by atoms with Gasteiger partial charge in [0.1, 0.15) is 27.5 Å². The lowest BCUT2D eigenvalue weighted by Gasteiger charge is -2.46. The predicted octanol–water partition coefficient (Wildman–Crippen LogP) is 4.41. The average molecular weight is 514 g/mol. The second kappa shape index (κ2) is 9.02. The van der Waals surface area contributed by atoms with Gasteiger partial charge in [0.05, 0.1) is 10.2 Å². The minimum absolute atomic E-state index is 0.0699. The number of hydrogen-bond donors (Lipinski definition) is 1. The Morgan fingerprint density at radius 2 is 1.91 bits per heavy atom. The number of ether oxygens (including phenoxy) is 1. The van der Waals surface area contributed by atoms with E-state index in [1.54, 1.807) is 0 Å². The summed E-state index contributed by atoms with van der Waals surface area (Å²) in [6, 6.07) is 2.55. The number of non-ortho nitro benzene ring substituents is 1. The zero-order valence-corrected chi connectivity index (χ0v) is 21.1. The molecule has 0 radical (unpaired) electrons. The van der Waals surface area contributed by atoms with Gasteiger partial charge in [0.25, 0.3) is 5.69 Å². The molecule has 0 aromatic heterocycles. The van der Waals surface area contributed by atoms with E-state index in [-0.39, 0.29) is 11.3 Å². The number of halogens is 1. The topological polar surface area (TPSA) is 156 Å². The van der Waals surface area contributed by atoms with Gasteiger partial charge in [0.2, 0.25) is 0 Å². The van der Waals surface area contributed by atoms with Crippen LogP contribution >= 0.6 is 0 Å². The van der Waals surface area contributed by atoms with Crippen LogP contribution in [0.25, 0.3) is 0 Å². The Bertz CT molecular complexity index is 1220. The SMILES string of the molecule is C=CCC1C(C)(c2cc([N+](=O)[O-])ccc2F)N=C(N(C(=O)O)C(=O)OC(C)(C)C)C(C)(C)S1(=O)=O. The van der Waals surface area contributed by atoms with Crippen LogP contribution in [0.2, 0.25) is 0 Å². The summed E-state index contributed by atoms with van der Waals surface area (Å²) in [4.78, 5) is 40.0. The van der Waals surface area contributed by atoms with Crippen molar-refractivity contribution in [1.82, 2.24) is 4.90 Å². The van der Waals surface area contributed by atoms with Crippen LogP contribution in [0.3, 0.4) is 0 Å². The summed E-state index contributed by atoms with van der Waals surface area (Å²) >= 11 is 0. The number of rotatable bonds is 4. The first-order chi connectivity index (χ1) is 15.8. The van der Waals surface area contributed by atoms with Crippen LogP contribution in [0.1, 0.15) is 53.5 Å². The molecule has 1 heterocycles. The maximum Gasteiger partial charge on any atom is 0.425 e. The zero-order chi connectivity index (χ0) is 27.1. The number of amides is 2. The number of hydrogen-bond acceptors (Lipinski definition) is 8. The van der Waals surface area contributed by atoms with Crippen LogP contribution in [0, 0.1) is 15.9 Å². The summed E-state index contributed by atoms with van der Waals surface area (Å²) in [5.41, 5.74) is -4.18. The zero-order valence-electron chi connectivity index (χ0n) is 20.2. The van der Waals surface area contributed by atoms with E-state index in [1.807, 2.05) is 0 Å². The minimum atomic E-state index is -4.43. The van der Waals surface area contributed by atoms with E-state index < -0.39 is 71.0 Å². The molecule has 35 heavy (non-hydrogen) atoms. The summed E-state index contributed by atoms with van der Waals surface area (Å²) in [6.45, 7) is 11.6. The third-order valence-electron chi connectivity index (χ3n) is 5.66. The Labute approximate surface area is 202 Å². The quantitative estimate of drug-likeness (QED) is 0.352. The molecule has 0 fully saturated rings. The lowest BCUT2D eigenvalue weighted by atomic mass is 9.85. The number of nitro groups is 1. The molecule has 1 N–H and O–H groups in total. The van der Waals surface area contributed by atoms with E-state index >= 15 is 4.39 Å². The molecule has 2 unspecified atom stereocenters. The Morgan fingerprint density at radius 1 is 1.34 bits per heavy atom. The highest BCUT2D eigenvalue weighted by Gasteiger charge is 2.60. The van der Waals surface area contributed by atoms with Gasteiger partial charge in [-0.1, -0.05) is 6.08 Å². The number of sulfone groups is 1. The fraction of sp³-hybridized carbons (Fsp3) is 0.500. The van der Waals surface area contributed by atoms with Crippen LogP contribution in [-0.4, -0.2) is 57.0 Å². The van der Waals surface area contributed by atoms with E-state index in [4.69, 9.17) is 4.74 Å². The van der Waals surface area contributed by atoms with Crippen LogP contribution in [0.4, 0.5) is 19.7 Å². The van der Waals surface area contributed by atoms with Crippen molar-refractivity contribution in [3.63, 3.8) is 0 Å². The van der Waals surface area contributed by atoms with Crippen LogP contribution in [-0.2, 0) is 20.1 Å². The second-order valence-electron chi connectivity index (χ2n) is 9.67. The summed E-state index contributed by atoms with van der Waals surface area (Å²) in [6.07, 6.45) is -2.24. The van der Waals surface area contributed by atoms with E-state index in [0.717, 1.165) is 18.2 Å². The molecule has 1 aromatic rings. The van der Waals surface area contributed by atoms with Crippen LogP contribution in [0.15, 0.2) is 35.8 Å². The van der Waals surface area contributed by atoms with Gasteiger partial charge >= 0.3 is 12.2 Å².